The molecule has 2 unspecified atom stereocenters. The topological polar surface area (TPSA) is 124 Å². The summed E-state index contributed by atoms with van der Waals surface area (Å²) < 4.78 is 59.0. The van der Waals surface area contributed by atoms with Crippen LogP contribution < -0.4 is 16.2 Å². The summed E-state index contributed by atoms with van der Waals surface area (Å²) >= 11 is 0. The van der Waals surface area contributed by atoms with Gasteiger partial charge in [-0.2, -0.15) is 18.2 Å². The van der Waals surface area contributed by atoms with Gasteiger partial charge in [0.25, 0.3) is 0 Å². The molecule has 1 aromatic carbocycles. The van der Waals surface area contributed by atoms with E-state index in [-0.39, 0.29) is 18.1 Å². The Morgan fingerprint density at radius 2 is 1.79 bits per heavy atom. The number of rotatable bonds is 11. The molecular weight excluding hydrogens is 516 g/mol. The Hall–Kier alpha value is -3.73. The highest BCUT2D eigenvalue weighted by molar-refractivity contribution is 5.73. The number of hydrogen-bond acceptors (Lipinski definition) is 6. The van der Waals surface area contributed by atoms with Crippen molar-refractivity contribution in [2.75, 3.05) is 5.73 Å². The van der Waals surface area contributed by atoms with Gasteiger partial charge in [-0.3, -0.25) is 4.79 Å². The number of nitrogens with zero attached hydrogens (tertiary/aromatic N) is 2. The highest BCUT2D eigenvalue weighted by Crippen LogP contribution is 2.31. The van der Waals surface area contributed by atoms with Crippen molar-refractivity contribution in [2.45, 2.75) is 65.3 Å². The number of anilines is 1. The number of carboxylic acids is 1. The Balaban J connectivity index is 0.00000113. The van der Waals surface area contributed by atoms with Crippen LogP contribution in [-0.2, 0) is 11.2 Å². The molecule has 0 radical (unpaired) electrons. The molecule has 0 spiro atoms. The summed E-state index contributed by atoms with van der Waals surface area (Å²) in [6.45, 7) is 11.1. The minimum absolute atomic E-state index is 0.0899. The van der Waals surface area contributed by atoms with Crippen LogP contribution in [0.15, 0.2) is 66.5 Å². The van der Waals surface area contributed by atoms with Gasteiger partial charge in [-0.1, -0.05) is 76.6 Å². The number of carboxylic acid groups (broad SMARTS) is 1. The first-order chi connectivity index (χ1) is 18.2. The Morgan fingerprint density at radius 1 is 1.18 bits per heavy atom. The van der Waals surface area contributed by atoms with Crippen LogP contribution in [0.3, 0.4) is 0 Å². The Bertz CT molecular complexity index is 1140. The number of aliphatic carboxylic acids is 1. The molecule has 2 aromatic rings. The summed E-state index contributed by atoms with van der Waals surface area (Å²) in [6.07, 6.45) is -1.87. The molecule has 0 aliphatic carbocycles. The van der Waals surface area contributed by atoms with Crippen molar-refractivity contribution in [3.8, 4) is 17.1 Å². The zero-order chi connectivity index (χ0) is 29.8. The highest BCUT2D eigenvalue weighted by Gasteiger charge is 2.44. The molecule has 7 nitrogen and oxygen atoms in total. The largest absolute Gasteiger partial charge is 0.480 e. The maximum absolute atomic E-state index is 13.6. The van der Waals surface area contributed by atoms with E-state index in [0.29, 0.717) is 11.1 Å². The third-order valence-electron chi connectivity index (χ3n) is 5.19. The van der Waals surface area contributed by atoms with Gasteiger partial charge in [0.15, 0.2) is 0 Å². The van der Waals surface area contributed by atoms with E-state index in [1.807, 2.05) is 0 Å². The van der Waals surface area contributed by atoms with Crippen molar-refractivity contribution in [1.82, 2.24) is 9.97 Å². The number of hydrogen-bond donors (Lipinski definition) is 3. The van der Waals surface area contributed by atoms with E-state index in [9.17, 15) is 22.4 Å². The first kappa shape index (κ1) is 33.3. The number of aromatic nitrogens is 2. The smallest absolute Gasteiger partial charge is 0.429 e. The third kappa shape index (κ3) is 12.1. The predicted molar refractivity (Wildman–Crippen MR) is 145 cm³/mol. The van der Waals surface area contributed by atoms with Crippen LogP contribution in [0.1, 0.15) is 46.1 Å². The lowest BCUT2D eigenvalue weighted by Crippen LogP contribution is -2.36. The van der Waals surface area contributed by atoms with E-state index < -0.39 is 41.6 Å². The SMILES string of the molecule is C=C/C(=C\C=C(/C)F)C(Oc1cc(-c2ccc(CC(N)C(=O)O)cc2)nc(N)n1)C(F)(F)F.CCCC(C)C. The minimum Gasteiger partial charge on any atom is -0.480 e. The molecule has 2 atom stereocenters. The third-order valence-corrected chi connectivity index (χ3v) is 5.19. The predicted octanol–water partition coefficient (Wildman–Crippen LogP) is 6.42. The van der Waals surface area contributed by atoms with Gasteiger partial charge in [-0.05, 0) is 30.9 Å². The first-order valence-electron chi connectivity index (χ1n) is 12.3. The van der Waals surface area contributed by atoms with Gasteiger partial charge in [-0.25, -0.2) is 9.37 Å². The van der Waals surface area contributed by atoms with Crippen LogP contribution >= 0.6 is 0 Å². The number of benzene rings is 1. The molecule has 11 heteroatoms. The van der Waals surface area contributed by atoms with Gasteiger partial charge in [0.05, 0.1) is 11.5 Å². The van der Waals surface area contributed by atoms with E-state index >= 15 is 0 Å². The Labute approximate surface area is 226 Å². The van der Waals surface area contributed by atoms with Crippen LogP contribution in [0.2, 0.25) is 0 Å². The molecule has 0 aliphatic rings. The number of nitrogens with two attached hydrogens (primary N) is 2. The maximum Gasteiger partial charge on any atom is 0.429 e. The molecule has 1 heterocycles. The molecule has 1 aromatic heterocycles. The molecule has 0 fully saturated rings. The highest BCUT2D eigenvalue weighted by atomic mass is 19.4. The second-order valence-electron chi connectivity index (χ2n) is 9.14. The first-order valence-corrected chi connectivity index (χ1v) is 12.3. The molecule has 39 heavy (non-hydrogen) atoms. The number of alkyl halides is 3. The van der Waals surface area contributed by atoms with Gasteiger partial charge >= 0.3 is 12.1 Å². The molecule has 0 amide bonds. The monoisotopic (exact) mass is 552 g/mol. The van der Waals surface area contributed by atoms with Gasteiger partial charge in [-0.15, -0.1) is 0 Å². The number of halogens is 4. The van der Waals surface area contributed by atoms with E-state index in [2.05, 4.69) is 37.3 Å². The van der Waals surface area contributed by atoms with Crippen molar-refractivity contribution in [3.63, 3.8) is 0 Å². The number of nitrogen functional groups attached to an aromatic ring is 1. The Morgan fingerprint density at radius 3 is 2.23 bits per heavy atom. The van der Waals surface area contributed by atoms with Gasteiger partial charge in [0.2, 0.25) is 17.9 Å². The van der Waals surface area contributed by atoms with Gasteiger partial charge in [0.1, 0.15) is 6.04 Å². The fourth-order valence-electron chi connectivity index (χ4n) is 3.30. The standard InChI is InChI=1S/C22H22F4N4O3.C6H14/c1-3-14(7-4-12(2)23)19(22(24,25)26)33-18-11-17(29-21(28)30-18)15-8-5-13(6-9-15)10-16(27)20(31)32;1-4-5-6(2)3/h3-9,11,16,19H,1,10,27H2,2H3,(H,31,32)(H2,28,29,30);6H,4-5H2,1-3H3/b12-4+,14-7+;. The van der Waals surface area contributed by atoms with Gasteiger partial charge < -0.3 is 21.3 Å². The number of ether oxygens (including phenoxy) is 1. The Kier molecular flexibility index (Phi) is 13.3. The van der Waals surface area contributed by atoms with Crippen molar-refractivity contribution in [3.05, 3.63) is 72.1 Å². The van der Waals surface area contributed by atoms with Crippen molar-refractivity contribution >= 4 is 11.9 Å². The molecule has 0 aliphatic heterocycles. The summed E-state index contributed by atoms with van der Waals surface area (Å²) in [4.78, 5) is 18.6. The van der Waals surface area contributed by atoms with Crippen LogP contribution in [0.4, 0.5) is 23.5 Å². The van der Waals surface area contributed by atoms with Crippen LogP contribution in [0.5, 0.6) is 5.88 Å². The minimum atomic E-state index is -4.86. The van der Waals surface area contributed by atoms with Crippen molar-refractivity contribution < 1.29 is 32.2 Å². The molecule has 2 rings (SSSR count). The van der Waals surface area contributed by atoms with Gasteiger partial charge in [0, 0.05) is 17.2 Å². The summed E-state index contributed by atoms with van der Waals surface area (Å²) in [5.41, 5.74) is 12.0. The quantitative estimate of drug-likeness (QED) is 0.217. The fraction of sp³-hybridized carbons (Fsp3) is 0.393. The lowest BCUT2D eigenvalue weighted by Gasteiger charge is -2.22. The molecule has 214 valence electrons. The summed E-state index contributed by atoms with van der Waals surface area (Å²) in [7, 11) is 0. The molecule has 5 N–H and O–H groups in total. The van der Waals surface area contributed by atoms with Crippen LogP contribution in [-0.4, -0.2) is 39.4 Å². The fourth-order valence-corrected chi connectivity index (χ4v) is 3.30. The van der Waals surface area contributed by atoms with Crippen molar-refractivity contribution in [1.29, 1.82) is 0 Å². The molecule has 0 saturated carbocycles. The van der Waals surface area contributed by atoms with Crippen molar-refractivity contribution in [2.24, 2.45) is 11.7 Å². The zero-order valence-electron chi connectivity index (χ0n) is 22.5. The van der Waals surface area contributed by atoms with Crippen LogP contribution in [0, 0.1) is 5.92 Å². The average molecular weight is 553 g/mol. The van der Waals surface area contributed by atoms with E-state index in [4.69, 9.17) is 21.3 Å². The number of allylic oxidation sites excluding steroid dienone is 3. The molecule has 0 bridgehead atoms. The molecular formula is C28H36F4N4O3. The summed E-state index contributed by atoms with van der Waals surface area (Å²) in [5.74, 6) is -1.73. The number of carbonyl (C=O) groups is 1. The van der Waals surface area contributed by atoms with E-state index in [1.165, 1.54) is 18.9 Å². The van der Waals surface area contributed by atoms with Crippen LogP contribution in [0.25, 0.3) is 11.3 Å². The summed E-state index contributed by atoms with van der Waals surface area (Å²) in [5, 5.41) is 8.90. The molecule has 0 saturated heterocycles. The maximum atomic E-state index is 13.6. The second-order valence-corrected chi connectivity index (χ2v) is 9.14. The lowest BCUT2D eigenvalue weighted by molar-refractivity contribution is -0.183. The van der Waals surface area contributed by atoms with E-state index in [1.54, 1.807) is 24.3 Å². The van der Waals surface area contributed by atoms with E-state index in [0.717, 1.165) is 31.1 Å². The lowest BCUT2D eigenvalue weighted by atomic mass is 10.0. The normalized spacial score (nSPS) is 13.8. The average Bonchev–Trinajstić information content (AvgIpc) is 2.83. The second kappa shape index (κ2) is 15.6. The zero-order valence-corrected chi connectivity index (χ0v) is 22.5. The summed E-state index contributed by atoms with van der Waals surface area (Å²) in [6, 6.07) is 6.48.